The van der Waals surface area contributed by atoms with Gasteiger partial charge >= 0.3 is 0 Å². The van der Waals surface area contributed by atoms with Crippen LogP contribution in [0.5, 0.6) is 5.75 Å². The maximum Gasteiger partial charge on any atom is 0.118 e. The van der Waals surface area contributed by atoms with E-state index in [1.807, 2.05) is 12.1 Å². The van der Waals surface area contributed by atoms with E-state index < -0.39 is 0 Å². The van der Waals surface area contributed by atoms with Gasteiger partial charge < -0.3 is 10.1 Å². The SMILES string of the molecule is CCC(Nc1ccc(I)cc1C)c1ccc(OC)cc1. The van der Waals surface area contributed by atoms with Crippen LogP contribution < -0.4 is 10.1 Å². The van der Waals surface area contributed by atoms with Gasteiger partial charge in [-0.2, -0.15) is 0 Å². The van der Waals surface area contributed by atoms with E-state index in [1.54, 1.807) is 7.11 Å². The first-order valence-corrected chi connectivity index (χ1v) is 7.88. The van der Waals surface area contributed by atoms with Gasteiger partial charge in [0.15, 0.2) is 0 Å². The molecule has 2 aromatic carbocycles. The van der Waals surface area contributed by atoms with Crippen LogP contribution in [0.1, 0.15) is 30.5 Å². The first-order valence-electron chi connectivity index (χ1n) is 6.80. The van der Waals surface area contributed by atoms with Gasteiger partial charge in [-0.3, -0.25) is 0 Å². The highest BCUT2D eigenvalue weighted by Gasteiger charge is 2.10. The second kappa shape index (κ2) is 6.97. The Balaban J connectivity index is 2.19. The molecule has 1 unspecified atom stereocenters. The fourth-order valence-electron chi connectivity index (χ4n) is 2.23. The monoisotopic (exact) mass is 381 g/mol. The fourth-order valence-corrected chi connectivity index (χ4v) is 2.88. The molecule has 2 aromatic rings. The Morgan fingerprint density at radius 1 is 1.15 bits per heavy atom. The van der Waals surface area contributed by atoms with Gasteiger partial charge in [0.1, 0.15) is 5.75 Å². The molecule has 0 heterocycles. The second-order valence-electron chi connectivity index (χ2n) is 4.84. The number of halogens is 1. The standard InChI is InChI=1S/C17H20INO/c1-4-16(13-5-8-15(20-3)9-6-13)19-17-10-7-14(18)11-12(17)2/h5-11,16,19H,4H2,1-3H3. The molecule has 2 nitrogen and oxygen atoms in total. The predicted molar refractivity (Wildman–Crippen MR) is 93.5 cm³/mol. The maximum atomic E-state index is 5.21. The second-order valence-corrected chi connectivity index (χ2v) is 6.08. The summed E-state index contributed by atoms with van der Waals surface area (Å²) >= 11 is 2.34. The van der Waals surface area contributed by atoms with E-state index >= 15 is 0 Å². The summed E-state index contributed by atoms with van der Waals surface area (Å²) in [6.45, 7) is 4.34. The van der Waals surface area contributed by atoms with Crippen molar-refractivity contribution in [2.45, 2.75) is 26.3 Å². The summed E-state index contributed by atoms with van der Waals surface area (Å²) in [4.78, 5) is 0. The lowest BCUT2D eigenvalue weighted by molar-refractivity contribution is 0.414. The van der Waals surface area contributed by atoms with Gasteiger partial charge in [-0.1, -0.05) is 19.1 Å². The number of aryl methyl sites for hydroxylation is 1. The molecule has 0 radical (unpaired) electrons. The molecule has 0 amide bonds. The van der Waals surface area contributed by atoms with E-state index in [-0.39, 0.29) is 0 Å². The van der Waals surface area contributed by atoms with Gasteiger partial charge in [-0.25, -0.2) is 0 Å². The summed E-state index contributed by atoms with van der Waals surface area (Å²) in [6.07, 6.45) is 1.04. The number of hydrogen-bond acceptors (Lipinski definition) is 2. The molecule has 0 bridgehead atoms. The van der Waals surface area contributed by atoms with Crippen molar-refractivity contribution in [1.29, 1.82) is 0 Å². The van der Waals surface area contributed by atoms with Crippen LogP contribution in [0.25, 0.3) is 0 Å². The Kier molecular flexibility index (Phi) is 5.29. The number of anilines is 1. The van der Waals surface area contributed by atoms with E-state index in [4.69, 9.17) is 4.74 Å². The Morgan fingerprint density at radius 3 is 2.40 bits per heavy atom. The predicted octanol–water partition coefficient (Wildman–Crippen LogP) is 5.17. The summed E-state index contributed by atoms with van der Waals surface area (Å²) in [5.74, 6) is 0.897. The molecule has 0 aliphatic heterocycles. The molecular weight excluding hydrogens is 361 g/mol. The van der Waals surface area contributed by atoms with Crippen LogP contribution in [0.3, 0.4) is 0 Å². The van der Waals surface area contributed by atoms with Crippen molar-refractivity contribution in [3.63, 3.8) is 0 Å². The molecule has 20 heavy (non-hydrogen) atoms. The molecule has 0 aromatic heterocycles. The lowest BCUT2D eigenvalue weighted by Crippen LogP contribution is -2.10. The smallest absolute Gasteiger partial charge is 0.118 e. The van der Waals surface area contributed by atoms with E-state index in [1.165, 1.54) is 20.4 Å². The number of hydrogen-bond donors (Lipinski definition) is 1. The molecular formula is C17H20INO. The van der Waals surface area contributed by atoms with E-state index in [0.29, 0.717) is 6.04 Å². The quantitative estimate of drug-likeness (QED) is 0.722. The Morgan fingerprint density at radius 2 is 1.85 bits per heavy atom. The van der Waals surface area contributed by atoms with Crippen LogP contribution in [-0.4, -0.2) is 7.11 Å². The van der Waals surface area contributed by atoms with Crippen molar-refractivity contribution < 1.29 is 4.74 Å². The normalized spacial score (nSPS) is 12.0. The van der Waals surface area contributed by atoms with Crippen LogP contribution in [0.4, 0.5) is 5.69 Å². The van der Waals surface area contributed by atoms with E-state index in [0.717, 1.165) is 12.2 Å². The van der Waals surface area contributed by atoms with Crippen LogP contribution in [0.2, 0.25) is 0 Å². The lowest BCUT2D eigenvalue weighted by Gasteiger charge is -2.20. The summed E-state index contributed by atoms with van der Waals surface area (Å²) in [7, 11) is 1.69. The third-order valence-electron chi connectivity index (χ3n) is 3.44. The van der Waals surface area contributed by atoms with Gasteiger partial charge in [-0.15, -0.1) is 0 Å². The van der Waals surface area contributed by atoms with Crippen molar-refractivity contribution in [2.75, 3.05) is 12.4 Å². The zero-order chi connectivity index (χ0) is 14.5. The number of methoxy groups -OCH3 is 1. The van der Waals surface area contributed by atoms with E-state index in [2.05, 4.69) is 72.1 Å². The minimum absolute atomic E-state index is 0.319. The highest BCUT2D eigenvalue weighted by Crippen LogP contribution is 2.27. The Hall–Kier alpha value is -1.23. The average molecular weight is 381 g/mol. The molecule has 2 rings (SSSR count). The van der Waals surface area contributed by atoms with Crippen molar-refractivity contribution in [3.8, 4) is 5.75 Å². The fraction of sp³-hybridized carbons (Fsp3) is 0.294. The van der Waals surface area contributed by atoms with E-state index in [9.17, 15) is 0 Å². The van der Waals surface area contributed by atoms with Crippen molar-refractivity contribution in [1.82, 2.24) is 0 Å². The third kappa shape index (κ3) is 3.66. The van der Waals surface area contributed by atoms with Gasteiger partial charge in [0, 0.05) is 9.26 Å². The zero-order valence-corrected chi connectivity index (χ0v) is 14.3. The summed E-state index contributed by atoms with van der Waals surface area (Å²) in [6, 6.07) is 15.1. The van der Waals surface area contributed by atoms with Crippen LogP contribution in [0.15, 0.2) is 42.5 Å². The average Bonchev–Trinajstić information content (AvgIpc) is 2.47. The van der Waals surface area contributed by atoms with Crippen molar-refractivity contribution in [2.24, 2.45) is 0 Å². The van der Waals surface area contributed by atoms with Crippen LogP contribution >= 0.6 is 22.6 Å². The minimum atomic E-state index is 0.319. The highest BCUT2D eigenvalue weighted by molar-refractivity contribution is 14.1. The molecule has 1 N–H and O–H groups in total. The maximum absolute atomic E-state index is 5.21. The van der Waals surface area contributed by atoms with Crippen LogP contribution in [0, 0.1) is 10.5 Å². The molecule has 106 valence electrons. The summed E-state index contributed by atoms with van der Waals surface area (Å²) < 4.78 is 6.48. The molecule has 0 saturated carbocycles. The number of ether oxygens (including phenoxy) is 1. The van der Waals surface area contributed by atoms with Crippen molar-refractivity contribution >= 4 is 28.3 Å². The molecule has 0 saturated heterocycles. The number of rotatable bonds is 5. The number of benzene rings is 2. The molecule has 3 heteroatoms. The molecule has 0 fully saturated rings. The third-order valence-corrected chi connectivity index (χ3v) is 4.12. The first-order chi connectivity index (χ1) is 9.63. The lowest BCUT2D eigenvalue weighted by atomic mass is 10.0. The van der Waals surface area contributed by atoms with Crippen LogP contribution in [-0.2, 0) is 0 Å². The Labute approximate surface area is 134 Å². The van der Waals surface area contributed by atoms with Gasteiger partial charge in [-0.05, 0) is 77.4 Å². The molecule has 0 spiro atoms. The molecule has 0 aliphatic carbocycles. The minimum Gasteiger partial charge on any atom is -0.497 e. The number of nitrogens with one attached hydrogen (secondary N) is 1. The molecule has 1 atom stereocenters. The largest absolute Gasteiger partial charge is 0.497 e. The van der Waals surface area contributed by atoms with Gasteiger partial charge in [0.25, 0.3) is 0 Å². The van der Waals surface area contributed by atoms with Crippen molar-refractivity contribution in [3.05, 3.63) is 57.2 Å². The summed E-state index contributed by atoms with van der Waals surface area (Å²) in [5, 5.41) is 3.63. The van der Waals surface area contributed by atoms with Gasteiger partial charge in [0.2, 0.25) is 0 Å². The summed E-state index contributed by atoms with van der Waals surface area (Å²) in [5.41, 5.74) is 3.77. The highest BCUT2D eigenvalue weighted by atomic mass is 127. The topological polar surface area (TPSA) is 21.3 Å². The molecule has 0 aliphatic rings. The first kappa shape index (κ1) is 15.2. The van der Waals surface area contributed by atoms with Gasteiger partial charge in [0.05, 0.1) is 13.2 Å². The zero-order valence-electron chi connectivity index (χ0n) is 12.1. The Bertz CT molecular complexity index is 566.